The van der Waals surface area contributed by atoms with Gasteiger partial charge in [0.25, 0.3) is 0 Å². The molecule has 0 N–H and O–H groups in total. The van der Waals surface area contributed by atoms with E-state index in [0.717, 1.165) is 9.99 Å². The number of carbonyl (C=O) groups excluding carboxylic acids is 1. The summed E-state index contributed by atoms with van der Waals surface area (Å²) in [5.41, 5.74) is 0. The van der Waals surface area contributed by atoms with E-state index in [4.69, 9.17) is 4.74 Å². The van der Waals surface area contributed by atoms with E-state index in [9.17, 15) is 4.79 Å². The Morgan fingerprint density at radius 1 is 1.62 bits per heavy atom. The lowest BCUT2D eigenvalue weighted by Crippen LogP contribution is -2.24. The monoisotopic (exact) mass is 336 g/mol. The van der Waals surface area contributed by atoms with Gasteiger partial charge in [-0.15, -0.1) is 0 Å². The fourth-order valence-corrected chi connectivity index (χ4v) is 1.89. The van der Waals surface area contributed by atoms with Crippen molar-refractivity contribution in [1.82, 2.24) is 9.78 Å². The van der Waals surface area contributed by atoms with Crippen LogP contribution in [0.15, 0.2) is 12.4 Å². The molecule has 1 aromatic heterocycles. The van der Waals surface area contributed by atoms with Crippen LogP contribution in [0.4, 0.5) is 0 Å². The van der Waals surface area contributed by atoms with Gasteiger partial charge in [0.05, 0.1) is 16.4 Å². The summed E-state index contributed by atoms with van der Waals surface area (Å²) in [5.74, 6) is 0.229. The number of halogens is 1. The molecule has 16 heavy (non-hydrogen) atoms. The first-order valence-corrected chi connectivity index (χ1v) is 6.48. The molecule has 0 spiro atoms. The van der Waals surface area contributed by atoms with Gasteiger partial charge in [-0.2, -0.15) is 5.10 Å². The Balaban J connectivity index is 2.82. The molecule has 0 aliphatic heterocycles. The maximum atomic E-state index is 11.8. The molecule has 0 saturated heterocycles. The van der Waals surface area contributed by atoms with Gasteiger partial charge in [0.15, 0.2) is 0 Å². The van der Waals surface area contributed by atoms with Crippen molar-refractivity contribution in [1.29, 1.82) is 0 Å². The highest BCUT2D eigenvalue weighted by atomic mass is 127. The van der Waals surface area contributed by atoms with Gasteiger partial charge in [-0.3, -0.25) is 4.68 Å². The molecule has 90 valence electrons. The number of esters is 1. The second-order valence-corrected chi connectivity index (χ2v) is 5.28. The van der Waals surface area contributed by atoms with Gasteiger partial charge in [0, 0.05) is 6.20 Å². The van der Waals surface area contributed by atoms with Gasteiger partial charge in [-0.1, -0.05) is 13.8 Å². The lowest BCUT2D eigenvalue weighted by atomic mass is 10.0. The first-order valence-electron chi connectivity index (χ1n) is 5.40. The Morgan fingerprint density at radius 3 is 2.75 bits per heavy atom. The summed E-state index contributed by atoms with van der Waals surface area (Å²) >= 11 is 2.18. The predicted molar refractivity (Wildman–Crippen MR) is 70.1 cm³/mol. The summed E-state index contributed by atoms with van der Waals surface area (Å²) in [4.78, 5) is 11.8. The number of nitrogens with zero attached hydrogens (tertiary/aromatic N) is 2. The Morgan fingerprint density at radius 2 is 2.31 bits per heavy atom. The fraction of sp³-hybridized carbons (Fsp3) is 0.636. The molecule has 0 aliphatic carbocycles. The molecule has 1 aromatic rings. The highest BCUT2D eigenvalue weighted by Gasteiger charge is 2.23. The average molecular weight is 336 g/mol. The third kappa shape index (κ3) is 3.77. The van der Waals surface area contributed by atoms with Crippen LogP contribution in [0.1, 0.15) is 33.2 Å². The minimum absolute atomic E-state index is 0.198. The molecule has 0 saturated carbocycles. The summed E-state index contributed by atoms with van der Waals surface area (Å²) in [6.45, 7) is 6.39. The van der Waals surface area contributed by atoms with E-state index in [-0.39, 0.29) is 12.0 Å². The SMILES string of the molecule is CCOC(=O)C(CC(C)C)n1cc(I)cn1. The van der Waals surface area contributed by atoms with E-state index >= 15 is 0 Å². The first-order chi connectivity index (χ1) is 7.54. The van der Waals surface area contributed by atoms with E-state index in [2.05, 4.69) is 41.5 Å². The molecule has 4 nitrogen and oxygen atoms in total. The molecule has 1 atom stereocenters. The summed E-state index contributed by atoms with van der Waals surface area (Å²) in [6, 6.07) is -0.302. The van der Waals surface area contributed by atoms with Gasteiger partial charge in [-0.05, 0) is 41.9 Å². The van der Waals surface area contributed by atoms with Crippen LogP contribution in [0.25, 0.3) is 0 Å². The van der Waals surface area contributed by atoms with Gasteiger partial charge in [0.2, 0.25) is 0 Å². The van der Waals surface area contributed by atoms with Crippen LogP contribution < -0.4 is 0 Å². The average Bonchev–Trinajstić information content (AvgIpc) is 2.61. The maximum absolute atomic E-state index is 11.8. The van der Waals surface area contributed by atoms with Crippen molar-refractivity contribution in [3.8, 4) is 0 Å². The van der Waals surface area contributed by atoms with Crippen molar-refractivity contribution in [2.45, 2.75) is 33.2 Å². The zero-order chi connectivity index (χ0) is 12.1. The lowest BCUT2D eigenvalue weighted by molar-refractivity contribution is -0.148. The first kappa shape index (κ1) is 13.5. The summed E-state index contributed by atoms with van der Waals surface area (Å²) in [7, 11) is 0. The van der Waals surface area contributed by atoms with Crippen LogP contribution in [0.2, 0.25) is 0 Å². The minimum atomic E-state index is -0.302. The fourth-order valence-electron chi connectivity index (χ4n) is 1.48. The molecule has 0 radical (unpaired) electrons. The standard InChI is InChI=1S/C11H17IN2O2/c1-4-16-11(15)10(5-8(2)3)14-7-9(12)6-13-14/h6-8,10H,4-5H2,1-3H3. The molecule has 1 heterocycles. The van der Waals surface area contributed by atoms with Crippen LogP contribution in [0.3, 0.4) is 0 Å². The minimum Gasteiger partial charge on any atom is -0.464 e. The second kappa shape index (κ2) is 6.22. The van der Waals surface area contributed by atoms with Crippen molar-refractivity contribution in [3.05, 3.63) is 16.0 Å². The number of hydrogen-bond acceptors (Lipinski definition) is 3. The number of aromatic nitrogens is 2. The molecule has 0 aromatic carbocycles. The topological polar surface area (TPSA) is 44.1 Å². The molecule has 0 bridgehead atoms. The van der Waals surface area contributed by atoms with E-state index in [1.54, 1.807) is 10.9 Å². The Bertz CT molecular complexity index is 350. The van der Waals surface area contributed by atoms with E-state index in [1.807, 2.05) is 13.1 Å². The predicted octanol–water partition coefficient (Wildman–Crippen LogP) is 2.64. The van der Waals surface area contributed by atoms with Crippen LogP contribution in [-0.2, 0) is 9.53 Å². The molecule has 0 amide bonds. The highest BCUT2D eigenvalue weighted by Crippen LogP contribution is 2.19. The number of rotatable bonds is 5. The van der Waals surface area contributed by atoms with E-state index in [1.165, 1.54) is 0 Å². The van der Waals surface area contributed by atoms with Crippen molar-refractivity contribution < 1.29 is 9.53 Å². The van der Waals surface area contributed by atoms with Gasteiger partial charge in [-0.25, -0.2) is 4.79 Å². The van der Waals surface area contributed by atoms with Gasteiger partial charge >= 0.3 is 5.97 Å². The van der Waals surface area contributed by atoms with Crippen molar-refractivity contribution in [2.24, 2.45) is 5.92 Å². The zero-order valence-corrected chi connectivity index (χ0v) is 12.0. The van der Waals surface area contributed by atoms with Crippen LogP contribution >= 0.6 is 22.6 Å². The highest BCUT2D eigenvalue weighted by molar-refractivity contribution is 14.1. The third-order valence-corrected chi connectivity index (χ3v) is 2.70. The van der Waals surface area contributed by atoms with Crippen molar-refractivity contribution in [2.75, 3.05) is 6.61 Å². The maximum Gasteiger partial charge on any atom is 0.330 e. The molecule has 5 heteroatoms. The van der Waals surface area contributed by atoms with Crippen molar-refractivity contribution in [3.63, 3.8) is 0 Å². The van der Waals surface area contributed by atoms with E-state index in [0.29, 0.717) is 12.5 Å². The van der Waals surface area contributed by atoms with E-state index < -0.39 is 0 Å². The summed E-state index contributed by atoms with van der Waals surface area (Å²) in [5, 5.41) is 4.18. The smallest absolute Gasteiger partial charge is 0.330 e. The molecular formula is C11H17IN2O2. The normalized spacial score (nSPS) is 12.8. The Labute approximate surface area is 109 Å². The number of hydrogen-bond donors (Lipinski definition) is 0. The quantitative estimate of drug-likeness (QED) is 0.613. The Hall–Kier alpha value is -0.590. The van der Waals surface area contributed by atoms with Crippen LogP contribution in [-0.4, -0.2) is 22.4 Å². The van der Waals surface area contributed by atoms with Crippen LogP contribution in [0, 0.1) is 9.49 Å². The van der Waals surface area contributed by atoms with Gasteiger partial charge in [0.1, 0.15) is 6.04 Å². The number of carbonyl (C=O) groups is 1. The largest absolute Gasteiger partial charge is 0.464 e. The van der Waals surface area contributed by atoms with Crippen molar-refractivity contribution >= 4 is 28.6 Å². The molecule has 0 aliphatic rings. The second-order valence-electron chi connectivity index (χ2n) is 4.04. The van der Waals surface area contributed by atoms with Gasteiger partial charge < -0.3 is 4.74 Å². The Kier molecular flexibility index (Phi) is 5.24. The summed E-state index contributed by atoms with van der Waals surface area (Å²) < 4.78 is 7.78. The lowest BCUT2D eigenvalue weighted by Gasteiger charge is -2.17. The number of ether oxygens (including phenoxy) is 1. The molecular weight excluding hydrogens is 319 g/mol. The van der Waals surface area contributed by atoms with Crippen LogP contribution in [0.5, 0.6) is 0 Å². The molecule has 1 rings (SSSR count). The summed E-state index contributed by atoms with van der Waals surface area (Å²) in [6.07, 6.45) is 4.36. The molecule has 1 unspecified atom stereocenters. The molecule has 0 fully saturated rings. The zero-order valence-electron chi connectivity index (χ0n) is 9.81. The third-order valence-electron chi connectivity index (χ3n) is 2.14.